The number of hydrogen-bond donors (Lipinski definition) is 2. The zero-order chi connectivity index (χ0) is 21.2. The van der Waals surface area contributed by atoms with E-state index < -0.39 is 29.7 Å². The molecule has 0 saturated carbocycles. The third-order valence-corrected chi connectivity index (χ3v) is 8.32. The summed E-state index contributed by atoms with van der Waals surface area (Å²) in [6, 6.07) is 3.82. The molecule has 0 atom stereocenters. The Morgan fingerprint density at radius 2 is 1.97 bits per heavy atom. The standard InChI is InChI=1S/C16H19ClN4O5S3/c1-28(23,24)15-12(17)3-2-4-13(15)29(25,26)20-16-19-10-11(27-16)9-14(22)21-7-5-18-6-8-21/h2-4,10,18H,5-9H2,1H3,(H,19,20). The Morgan fingerprint density at radius 3 is 2.62 bits per heavy atom. The van der Waals surface area contributed by atoms with E-state index in [1.54, 1.807) is 4.90 Å². The predicted molar refractivity (Wildman–Crippen MR) is 111 cm³/mol. The van der Waals surface area contributed by atoms with Gasteiger partial charge in [-0.05, 0) is 12.1 Å². The van der Waals surface area contributed by atoms with Crippen LogP contribution in [-0.2, 0) is 31.1 Å². The van der Waals surface area contributed by atoms with Gasteiger partial charge in [0.2, 0.25) is 5.91 Å². The highest BCUT2D eigenvalue weighted by Crippen LogP contribution is 2.30. The Kier molecular flexibility index (Phi) is 6.48. The highest BCUT2D eigenvalue weighted by molar-refractivity contribution is 7.95. The summed E-state index contributed by atoms with van der Waals surface area (Å²) >= 11 is 6.94. The third kappa shape index (κ3) is 5.25. The molecule has 1 aromatic heterocycles. The molecule has 1 amide bonds. The van der Waals surface area contributed by atoms with Crippen molar-refractivity contribution in [3.63, 3.8) is 0 Å². The number of sulfone groups is 1. The van der Waals surface area contributed by atoms with Crippen molar-refractivity contribution < 1.29 is 21.6 Å². The van der Waals surface area contributed by atoms with E-state index in [1.165, 1.54) is 18.3 Å². The van der Waals surface area contributed by atoms with E-state index in [-0.39, 0.29) is 22.5 Å². The number of hydrogen-bond acceptors (Lipinski definition) is 8. The fourth-order valence-corrected chi connectivity index (χ4v) is 7.29. The number of anilines is 1. The number of thiazole rings is 1. The van der Waals surface area contributed by atoms with Gasteiger partial charge in [-0.15, -0.1) is 11.3 Å². The van der Waals surface area contributed by atoms with Gasteiger partial charge in [-0.25, -0.2) is 21.8 Å². The number of piperazine rings is 1. The molecule has 1 aromatic carbocycles. The molecule has 2 aromatic rings. The monoisotopic (exact) mass is 478 g/mol. The summed E-state index contributed by atoms with van der Waals surface area (Å²) in [5.74, 6) is -0.0567. The molecule has 1 aliphatic rings. The van der Waals surface area contributed by atoms with Crippen LogP contribution in [0, 0.1) is 0 Å². The SMILES string of the molecule is CS(=O)(=O)c1c(Cl)cccc1S(=O)(=O)Nc1ncc(CC(=O)N2CCNCC2)s1. The fourth-order valence-electron chi connectivity index (χ4n) is 2.84. The van der Waals surface area contributed by atoms with Crippen LogP contribution in [0.5, 0.6) is 0 Å². The molecule has 1 fully saturated rings. The molecular formula is C16H19ClN4O5S3. The van der Waals surface area contributed by atoms with Gasteiger partial charge in [-0.3, -0.25) is 9.52 Å². The molecule has 1 saturated heterocycles. The minimum atomic E-state index is -4.25. The van der Waals surface area contributed by atoms with E-state index in [2.05, 4.69) is 15.0 Å². The first-order valence-corrected chi connectivity index (χ1v) is 13.1. The van der Waals surface area contributed by atoms with Crippen LogP contribution in [0.1, 0.15) is 4.88 Å². The maximum Gasteiger partial charge on any atom is 0.265 e. The number of amides is 1. The Hall–Kier alpha value is -1.73. The van der Waals surface area contributed by atoms with Crippen molar-refractivity contribution in [3.05, 3.63) is 34.3 Å². The molecular weight excluding hydrogens is 460 g/mol. The molecule has 0 bridgehead atoms. The van der Waals surface area contributed by atoms with Crippen LogP contribution in [0.3, 0.4) is 0 Å². The topological polar surface area (TPSA) is 126 Å². The van der Waals surface area contributed by atoms with Crippen LogP contribution >= 0.6 is 22.9 Å². The van der Waals surface area contributed by atoms with Crippen LogP contribution in [-0.4, -0.2) is 65.1 Å². The van der Waals surface area contributed by atoms with Crippen molar-refractivity contribution in [1.82, 2.24) is 15.2 Å². The summed E-state index contributed by atoms with van der Waals surface area (Å²) in [5.41, 5.74) is 0. The van der Waals surface area contributed by atoms with E-state index in [0.717, 1.165) is 36.7 Å². The number of sulfonamides is 1. The molecule has 2 N–H and O–H groups in total. The van der Waals surface area contributed by atoms with Crippen LogP contribution in [0.2, 0.25) is 5.02 Å². The number of halogens is 1. The van der Waals surface area contributed by atoms with Crippen LogP contribution in [0.25, 0.3) is 0 Å². The number of aromatic nitrogens is 1. The lowest BCUT2D eigenvalue weighted by molar-refractivity contribution is -0.130. The van der Waals surface area contributed by atoms with Crippen LogP contribution in [0.4, 0.5) is 5.13 Å². The van der Waals surface area contributed by atoms with Gasteiger partial charge in [0, 0.05) is 43.5 Å². The summed E-state index contributed by atoms with van der Waals surface area (Å²) in [4.78, 5) is 17.7. The number of carbonyl (C=O) groups is 1. The van der Waals surface area contributed by atoms with Crippen molar-refractivity contribution >= 4 is 53.8 Å². The van der Waals surface area contributed by atoms with E-state index >= 15 is 0 Å². The van der Waals surface area contributed by atoms with Gasteiger partial charge in [0.1, 0.15) is 9.79 Å². The molecule has 0 aliphatic carbocycles. The average Bonchev–Trinajstić information content (AvgIpc) is 3.07. The van der Waals surface area contributed by atoms with Crippen molar-refractivity contribution in [2.45, 2.75) is 16.2 Å². The highest BCUT2D eigenvalue weighted by Gasteiger charge is 2.27. The lowest BCUT2D eigenvalue weighted by Crippen LogP contribution is -2.46. The summed E-state index contributed by atoms with van der Waals surface area (Å²) in [6.07, 6.45) is 2.43. The maximum atomic E-state index is 12.8. The Balaban J connectivity index is 1.79. The number of nitrogens with one attached hydrogen (secondary N) is 2. The molecule has 9 nitrogen and oxygen atoms in total. The van der Waals surface area contributed by atoms with E-state index in [1.807, 2.05) is 0 Å². The second-order valence-corrected chi connectivity index (χ2v) is 11.5. The maximum absolute atomic E-state index is 12.8. The number of benzene rings is 1. The summed E-state index contributed by atoms with van der Waals surface area (Å²) in [5, 5.41) is 3.02. The Labute approximate surface area is 178 Å². The Bertz CT molecular complexity index is 1130. The first-order chi connectivity index (χ1) is 13.6. The molecule has 0 spiro atoms. The van der Waals surface area contributed by atoms with Crippen molar-refractivity contribution in [2.75, 3.05) is 37.2 Å². The predicted octanol–water partition coefficient (Wildman–Crippen LogP) is 0.975. The first kappa shape index (κ1) is 22.0. The fraction of sp³-hybridized carbons (Fsp3) is 0.375. The number of nitrogens with zero attached hydrogens (tertiary/aromatic N) is 2. The number of rotatable bonds is 6. The second-order valence-electron chi connectivity index (χ2n) is 6.38. The minimum Gasteiger partial charge on any atom is -0.340 e. The molecule has 29 heavy (non-hydrogen) atoms. The molecule has 158 valence electrons. The van der Waals surface area contributed by atoms with Crippen molar-refractivity contribution in [3.8, 4) is 0 Å². The first-order valence-electron chi connectivity index (χ1n) is 8.52. The second kappa shape index (κ2) is 8.56. The van der Waals surface area contributed by atoms with Crippen molar-refractivity contribution in [2.24, 2.45) is 0 Å². The molecule has 3 rings (SSSR count). The zero-order valence-corrected chi connectivity index (χ0v) is 18.6. The van der Waals surface area contributed by atoms with E-state index in [4.69, 9.17) is 11.6 Å². The number of carbonyl (C=O) groups excluding carboxylic acids is 1. The van der Waals surface area contributed by atoms with Crippen LogP contribution in [0.15, 0.2) is 34.2 Å². The van der Waals surface area contributed by atoms with Gasteiger partial charge in [-0.2, -0.15) is 0 Å². The van der Waals surface area contributed by atoms with Crippen molar-refractivity contribution in [1.29, 1.82) is 0 Å². The van der Waals surface area contributed by atoms with Gasteiger partial charge in [0.15, 0.2) is 15.0 Å². The van der Waals surface area contributed by atoms with Crippen LogP contribution < -0.4 is 10.0 Å². The van der Waals surface area contributed by atoms with Gasteiger partial charge >= 0.3 is 0 Å². The quantitative estimate of drug-likeness (QED) is 0.633. The van der Waals surface area contributed by atoms with Gasteiger partial charge in [0.05, 0.1) is 11.4 Å². The molecule has 1 aliphatic heterocycles. The normalized spacial score (nSPS) is 15.3. The molecule has 2 heterocycles. The lowest BCUT2D eigenvalue weighted by Gasteiger charge is -2.27. The molecule has 0 unspecified atom stereocenters. The third-order valence-electron chi connectivity index (χ3n) is 4.16. The van der Waals surface area contributed by atoms with Gasteiger partial charge < -0.3 is 10.2 Å². The zero-order valence-electron chi connectivity index (χ0n) is 15.4. The Morgan fingerprint density at radius 1 is 1.28 bits per heavy atom. The average molecular weight is 479 g/mol. The van der Waals surface area contributed by atoms with Gasteiger partial charge in [-0.1, -0.05) is 17.7 Å². The summed E-state index contributed by atoms with van der Waals surface area (Å²) in [7, 11) is -8.14. The highest BCUT2D eigenvalue weighted by atomic mass is 35.5. The summed E-state index contributed by atoms with van der Waals surface area (Å²) in [6.45, 7) is 2.73. The largest absolute Gasteiger partial charge is 0.340 e. The lowest BCUT2D eigenvalue weighted by atomic mass is 10.3. The van der Waals surface area contributed by atoms with E-state index in [9.17, 15) is 21.6 Å². The van der Waals surface area contributed by atoms with E-state index in [0.29, 0.717) is 18.0 Å². The summed E-state index contributed by atoms with van der Waals surface area (Å²) < 4.78 is 51.8. The molecule has 13 heteroatoms. The van der Waals surface area contributed by atoms with Gasteiger partial charge in [0.25, 0.3) is 10.0 Å². The smallest absolute Gasteiger partial charge is 0.265 e. The minimum absolute atomic E-state index is 0.0348. The molecule has 0 radical (unpaired) electrons.